The zero-order valence-corrected chi connectivity index (χ0v) is 14.3. The molecule has 0 aliphatic carbocycles. The van der Waals surface area contributed by atoms with Gasteiger partial charge < -0.3 is 10.6 Å². The normalized spacial score (nSPS) is 10.4. The van der Waals surface area contributed by atoms with Crippen LogP contribution in [0.2, 0.25) is 0 Å². The summed E-state index contributed by atoms with van der Waals surface area (Å²) >= 11 is 0. The summed E-state index contributed by atoms with van der Waals surface area (Å²) in [5.41, 5.74) is 7.15. The molecule has 0 amide bonds. The van der Waals surface area contributed by atoms with Crippen molar-refractivity contribution in [2.45, 2.75) is 26.7 Å². The van der Waals surface area contributed by atoms with Crippen molar-refractivity contribution in [2.75, 3.05) is 10.6 Å². The van der Waals surface area contributed by atoms with Gasteiger partial charge in [-0.15, -0.1) is 0 Å². The molecule has 2 nitrogen and oxygen atoms in total. The molecule has 0 unspecified atom stereocenters. The Hall–Kier alpha value is -2.74. The molecular formula is C22H24N2. The van der Waals surface area contributed by atoms with Crippen molar-refractivity contribution in [3.63, 3.8) is 0 Å². The number of hydrogen-bond donors (Lipinski definition) is 2. The Morgan fingerprint density at radius 1 is 0.500 bits per heavy atom. The second-order valence-electron chi connectivity index (χ2n) is 5.82. The van der Waals surface area contributed by atoms with Crippen LogP contribution in [0.3, 0.4) is 0 Å². The smallest absolute Gasteiger partial charge is 0.0623 e. The van der Waals surface area contributed by atoms with E-state index in [4.69, 9.17) is 0 Å². The van der Waals surface area contributed by atoms with Gasteiger partial charge in [0.1, 0.15) is 0 Å². The topological polar surface area (TPSA) is 24.1 Å². The van der Waals surface area contributed by atoms with Crippen LogP contribution < -0.4 is 10.6 Å². The molecule has 0 saturated carbocycles. The third-order valence-electron chi connectivity index (χ3n) is 4.26. The van der Waals surface area contributed by atoms with Crippen molar-refractivity contribution in [3.8, 4) is 0 Å². The Morgan fingerprint density at radius 2 is 0.833 bits per heavy atom. The van der Waals surface area contributed by atoms with Crippen LogP contribution >= 0.6 is 0 Å². The fourth-order valence-electron chi connectivity index (χ4n) is 2.89. The van der Waals surface area contributed by atoms with Gasteiger partial charge in [-0.25, -0.2) is 0 Å². The number of para-hydroxylation sites is 4. The van der Waals surface area contributed by atoms with E-state index in [2.05, 4.69) is 97.3 Å². The van der Waals surface area contributed by atoms with E-state index in [1.54, 1.807) is 0 Å². The Morgan fingerprint density at radius 3 is 1.21 bits per heavy atom. The number of rotatable bonds is 6. The Balaban J connectivity index is 1.91. The maximum Gasteiger partial charge on any atom is 0.0623 e. The summed E-state index contributed by atoms with van der Waals surface area (Å²) in [4.78, 5) is 0. The Kier molecular flexibility index (Phi) is 5.17. The van der Waals surface area contributed by atoms with E-state index < -0.39 is 0 Å². The largest absolute Gasteiger partial charge is 0.354 e. The molecule has 3 aromatic carbocycles. The van der Waals surface area contributed by atoms with Gasteiger partial charge in [-0.05, 0) is 48.2 Å². The van der Waals surface area contributed by atoms with Crippen molar-refractivity contribution in [2.24, 2.45) is 0 Å². The molecule has 0 saturated heterocycles. The minimum Gasteiger partial charge on any atom is -0.354 e. The maximum atomic E-state index is 3.59. The van der Waals surface area contributed by atoms with E-state index >= 15 is 0 Å². The summed E-state index contributed by atoms with van der Waals surface area (Å²) in [7, 11) is 0. The van der Waals surface area contributed by atoms with Crippen molar-refractivity contribution in [1.29, 1.82) is 0 Å². The lowest BCUT2D eigenvalue weighted by Gasteiger charge is -2.17. The van der Waals surface area contributed by atoms with Gasteiger partial charge in [-0.1, -0.05) is 62.4 Å². The van der Waals surface area contributed by atoms with Gasteiger partial charge >= 0.3 is 0 Å². The quantitative estimate of drug-likeness (QED) is 0.557. The van der Waals surface area contributed by atoms with Crippen LogP contribution in [0.5, 0.6) is 0 Å². The highest BCUT2D eigenvalue weighted by Crippen LogP contribution is 2.30. The molecule has 0 radical (unpaired) electrons. The van der Waals surface area contributed by atoms with Gasteiger partial charge in [0, 0.05) is 11.4 Å². The molecule has 0 aliphatic heterocycles. The van der Waals surface area contributed by atoms with E-state index in [0.717, 1.165) is 35.6 Å². The highest BCUT2D eigenvalue weighted by Gasteiger charge is 2.07. The number of nitrogens with one attached hydrogen (secondary N) is 2. The zero-order chi connectivity index (χ0) is 16.8. The predicted molar refractivity (Wildman–Crippen MR) is 105 cm³/mol. The predicted octanol–water partition coefficient (Wildman–Crippen LogP) is 6.30. The Bertz CT molecular complexity index is 740. The number of aryl methyl sites for hydroxylation is 2. The third-order valence-corrected chi connectivity index (χ3v) is 4.26. The van der Waals surface area contributed by atoms with Crippen molar-refractivity contribution < 1.29 is 0 Å². The molecule has 0 heterocycles. The first-order chi connectivity index (χ1) is 11.8. The monoisotopic (exact) mass is 316 g/mol. The van der Waals surface area contributed by atoms with Crippen molar-refractivity contribution in [3.05, 3.63) is 83.9 Å². The minimum atomic E-state index is 1.01. The summed E-state index contributed by atoms with van der Waals surface area (Å²) in [6.07, 6.45) is 2.02. The molecular weight excluding hydrogens is 292 g/mol. The van der Waals surface area contributed by atoms with Crippen molar-refractivity contribution >= 4 is 22.7 Å². The van der Waals surface area contributed by atoms with Gasteiger partial charge in [-0.2, -0.15) is 0 Å². The van der Waals surface area contributed by atoms with Crippen LogP contribution in [0.25, 0.3) is 0 Å². The van der Waals surface area contributed by atoms with Gasteiger partial charge in [-0.3, -0.25) is 0 Å². The second-order valence-corrected chi connectivity index (χ2v) is 5.82. The molecule has 3 rings (SSSR count). The molecule has 0 aliphatic rings. The molecule has 24 heavy (non-hydrogen) atoms. The lowest BCUT2D eigenvalue weighted by atomic mass is 10.1. The molecule has 0 atom stereocenters. The molecule has 2 heteroatoms. The first-order valence-electron chi connectivity index (χ1n) is 8.60. The van der Waals surface area contributed by atoms with E-state index in [1.807, 2.05) is 0 Å². The summed E-state index contributed by atoms with van der Waals surface area (Å²) in [5, 5.41) is 7.17. The van der Waals surface area contributed by atoms with E-state index in [1.165, 1.54) is 11.1 Å². The number of anilines is 4. The number of hydrogen-bond acceptors (Lipinski definition) is 2. The van der Waals surface area contributed by atoms with Crippen LogP contribution in [0, 0.1) is 0 Å². The Labute approximate surface area is 144 Å². The third kappa shape index (κ3) is 3.60. The van der Waals surface area contributed by atoms with Gasteiger partial charge in [0.05, 0.1) is 11.4 Å². The molecule has 0 fully saturated rings. The molecule has 0 aromatic heterocycles. The van der Waals surface area contributed by atoms with Crippen molar-refractivity contribution in [1.82, 2.24) is 0 Å². The lowest BCUT2D eigenvalue weighted by Crippen LogP contribution is -2.01. The zero-order valence-electron chi connectivity index (χ0n) is 14.3. The maximum absolute atomic E-state index is 3.59. The fourth-order valence-corrected chi connectivity index (χ4v) is 2.89. The van der Waals surface area contributed by atoms with Gasteiger partial charge in [0.2, 0.25) is 0 Å². The molecule has 0 bridgehead atoms. The number of benzene rings is 3. The van der Waals surface area contributed by atoms with E-state index in [0.29, 0.717) is 0 Å². The first kappa shape index (κ1) is 16.1. The summed E-state index contributed by atoms with van der Waals surface area (Å²) in [6.45, 7) is 4.37. The summed E-state index contributed by atoms with van der Waals surface area (Å²) in [6, 6.07) is 25.3. The van der Waals surface area contributed by atoms with Crippen LogP contribution in [0.15, 0.2) is 72.8 Å². The summed E-state index contributed by atoms with van der Waals surface area (Å²) < 4.78 is 0. The molecule has 0 spiro atoms. The highest BCUT2D eigenvalue weighted by molar-refractivity contribution is 5.79. The van der Waals surface area contributed by atoms with Crippen LogP contribution in [0.1, 0.15) is 25.0 Å². The minimum absolute atomic E-state index is 1.01. The average Bonchev–Trinajstić information content (AvgIpc) is 2.64. The average molecular weight is 316 g/mol. The van der Waals surface area contributed by atoms with Crippen LogP contribution in [-0.4, -0.2) is 0 Å². The second kappa shape index (κ2) is 7.69. The molecule has 3 aromatic rings. The summed E-state index contributed by atoms with van der Waals surface area (Å²) in [5.74, 6) is 0. The SMILES string of the molecule is CCc1ccccc1Nc1ccccc1Nc1ccccc1CC. The highest BCUT2D eigenvalue weighted by atomic mass is 15.0. The fraction of sp³-hybridized carbons (Fsp3) is 0.182. The lowest BCUT2D eigenvalue weighted by molar-refractivity contribution is 1.14. The van der Waals surface area contributed by atoms with Gasteiger partial charge in [0.15, 0.2) is 0 Å². The molecule has 122 valence electrons. The van der Waals surface area contributed by atoms with Crippen LogP contribution in [0.4, 0.5) is 22.7 Å². The van der Waals surface area contributed by atoms with Gasteiger partial charge in [0.25, 0.3) is 0 Å². The van der Waals surface area contributed by atoms with E-state index in [9.17, 15) is 0 Å². The van der Waals surface area contributed by atoms with E-state index in [-0.39, 0.29) is 0 Å². The molecule has 2 N–H and O–H groups in total. The standard InChI is InChI=1S/C22H24N2/c1-3-17-11-5-7-13-19(17)23-21-15-9-10-16-22(21)24-20-14-8-6-12-18(20)4-2/h5-16,23-24H,3-4H2,1-2H3. The first-order valence-corrected chi connectivity index (χ1v) is 8.60. The van der Waals surface area contributed by atoms with Crippen LogP contribution in [-0.2, 0) is 12.8 Å².